The van der Waals surface area contributed by atoms with Crippen LogP contribution in [-0.4, -0.2) is 30.8 Å². The maximum absolute atomic E-state index is 14.1. The normalized spacial score (nSPS) is 19.2. The first-order valence-corrected chi connectivity index (χ1v) is 7.98. The third-order valence-electron chi connectivity index (χ3n) is 4.55. The van der Waals surface area contributed by atoms with Gasteiger partial charge in [0.2, 0.25) is 5.91 Å². The van der Waals surface area contributed by atoms with E-state index in [1.165, 1.54) is 13.0 Å². The van der Waals surface area contributed by atoms with Gasteiger partial charge in [-0.1, -0.05) is 6.08 Å². The number of rotatable bonds is 4. The third-order valence-corrected chi connectivity index (χ3v) is 4.55. The van der Waals surface area contributed by atoms with Gasteiger partial charge >= 0.3 is 7.12 Å². The van der Waals surface area contributed by atoms with E-state index in [4.69, 9.17) is 15.0 Å². The van der Waals surface area contributed by atoms with Gasteiger partial charge in [0.25, 0.3) is 0 Å². The molecule has 0 bridgehead atoms. The first-order valence-electron chi connectivity index (χ1n) is 7.98. The lowest BCUT2D eigenvalue weighted by molar-refractivity contribution is -0.118. The fourth-order valence-corrected chi connectivity index (χ4v) is 2.37. The predicted molar refractivity (Wildman–Crippen MR) is 93.5 cm³/mol. The summed E-state index contributed by atoms with van der Waals surface area (Å²) in [6, 6.07) is 1.79. The van der Waals surface area contributed by atoms with Crippen LogP contribution in [0.15, 0.2) is 17.6 Å². The Hall–Kier alpha value is -1.93. The van der Waals surface area contributed by atoms with Crippen LogP contribution >= 0.6 is 0 Å². The van der Waals surface area contributed by atoms with E-state index < -0.39 is 30.0 Å². The number of benzene rings is 1. The van der Waals surface area contributed by atoms with Gasteiger partial charge in [-0.05, 0) is 39.2 Å². The van der Waals surface area contributed by atoms with Crippen molar-refractivity contribution < 1.29 is 22.9 Å². The molecule has 1 aliphatic heterocycles. The van der Waals surface area contributed by atoms with Crippen LogP contribution in [-0.2, 0) is 14.1 Å². The molecule has 0 aromatic heterocycles. The summed E-state index contributed by atoms with van der Waals surface area (Å²) >= 11 is 0. The molecule has 136 valence electrons. The summed E-state index contributed by atoms with van der Waals surface area (Å²) < 4.78 is 39.3. The van der Waals surface area contributed by atoms with E-state index in [9.17, 15) is 13.6 Å². The van der Waals surface area contributed by atoms with Crippen LogP contribution < -0.4 is 11.1 Å². The monoisotopic (exact) mass is 352 g/mol. The van der Waals surface area contributed by atoms with Gasteiger partial charge in [0.15, 0.2) is 0 Å². The van der Waals surface area contributed by atoms with Gasteiger partial charge < -0.3 is 20.4 Å². The molecule has 8 heteroatoms. The van der Waals surface area contributed by atoms with E-state index in [-0.39, 0.29) is 23.7 Å². The van der Waals surface area contributed by atoms with Crippen LogP contribution in [0.1, 0.15) is 40.2 Å². The molecule has 1 heterocycles. The Labute approximate surface area is 146 Å². The van der Waals surface area contributed by atoms with Crippen molar-refractivity contribution in [3.8, 4) is 0 Å². The lowest BCUT2D eigenvalue weighted by Gasteiger charge is -2.32. The van der Waals surface area contributed by atoms with Crippen LogP contribution in [0.5, 0.6) is 0 Å². The van der Waals surface area contributed by atoms with Gasteiger partial charge in [-0.15, -0.1) is 0 Å². The zero-order chi connectivity index (χ0) is 19.0. The van der Waals surface area contributed by atoms with Gasteiger partial charge in [0, 0.05) is 30.8 Å². The molecule has 1 aromatic rings. The summed E-state index contributed by atoms with van der Waals surface area (Å²) in [4.78, 5) is 11.3. The number of hydrogen-bond acceptors (Lipinski definition) is 4. The summed E-state index contributed by atoms with van der Waals surface area (Å²) in [7, 11) is -0.791. The minimum absolute atomic E-state index is 0.0245. The maximum Gasteiger partial charge on any atom is 0.492 e. The fraction of sp³-hybridized carbons (Fsp3) is 0.471. The quantitative estimate of drug-likeness (QED) is 0.646. The van der Waals surface area contributed by atoms with Crippen molar-refractivity contribution in [1.82, 2.24) is 5.32 Å². The number of carbonyl (C=O) groups excluding carboxylic acids is 1. The van der Waals surface area contributed by atoms with E-state index >= 15 is 0 Å². The second-order valence-corrected chi connectivity index (χ2v) is 7.11. The van der Waals surface area contributed by atoms with Crippen molar-refractivity contribution in [1.29, 1.82) is 0 Å². The molecule has 0 radical (unpaired) electrons. The number of halogens is 2. The molecule has 2 rings (SSSR count). The van der Waals surface area contributed by atoms with Crippen LogP contribution in [0.2, 0.25) is 0 Å². The first-order chi connectivity index (χ1) is 11.4. The summed E-state index contributed by atoms with van der Waals surface area (Å²) in [5, 5.41) is 2.64. The lowest BCUT2D eigenvalue weighted by Crippen LogP contribution is -2.41. The number of carbonyl (C=O) groups is 1. The van der Waals surface area contributed by atoms with E-state index in [0.717, 1.165) is 12.1 Å². The van der Waals surface area contributed by atoms with E-state index in [2.05, 4.69) is 5.32 Å². The number of nitrogens with one attached hydrogen (secondary N) is 1. The van der Waals surface area contributed by atoms with E-state index in [1.54, 1.807) is 0 Å². The van der Waals surface area contributed by atoms with Crippen LogP contribution in [0.3, 0.4) is 0 Å². The molecule has 0 spiro atoms. The highest BCUT2D eigenvalue weighted by Crippen LogP contribution is 2.39. The molecule has 3 N–H and O–H groups in total. The van der Waals surface area contributed by atoms with E-state index in [0.29, 0.717) is 5.47 Å². The minimum Gasteiger partial charge on any atom is -0.400 e. The van der Waals surface area contributed by atoms with Crippen molar-refractivity contribution in [3.05, 3.63) is 34.8 Å². The average Bonchev–Trinajstić information content (AvgIpc) is 2.65. The Morgan fingerprint density at radius 3 is 2.28 bits per heavy atom. The highest BCUT2D eigenvalue weighted by atomic mass is 19.1. The first kappa shape index (κ1) is 19.4. The Morgan fingerprint density at radius 1 is 1.24 bits per heavy atom. The molecular formula is C17H23BF2N2O3. The number of hydrogen-bond donors (Lipinski definition) is 2. The topological polar surface area (TPSA) is 73.6 Å². The predicted octanol–water partition coefficient (Wildman–Crippen LogP) is 2.70. The second-order valence-electron chi connectivity index (χ2n) is 7.11. The highest BCUT2D eigenvalue weighted by molar-refractivity contribution is 6.56. The van der Waals surface area contributed by atoms with Crippen molar-refractivity contribution in [2.75, 3.05) is 12.3 Å². The number of anilines is 1. The molecule has 1 amide bonds. The fourth-order valence-electron chi connectivity index (χ4n) is 2.37. The van der Waals surface area contributed by atoms with Crippen LogP contribution in [0, 0.1) is 11.6 Å². The molecule has 5 nitrogen and oxygen atoms in total. The van der Waals surface area contributed by atoms with Crippen LogP contribution in [0.4, 0.5) is 14.5 Å². The average molecular weight is 352 g/mol. The Balaban J connectivity index is 2.42. The van der Waals surface area contributed by atoms with Crippen molar-refractivity contribution in [2.45, 2.75) is 45.8 Å². The van der Waals surface area contributed by atoms with Gasteiger partial charge in [-0.25, -0.2) is 8.78 Å². The summed E-state index contributed by atoms with van der Waals surface area (Å²) in [5.74, 6) is -1.81. The standard InChI is InChI=1S/C17H23BF2N2O3/c1-10(23)22-9-11(18-24-16(2,3)17(4,5)25-18)6-13-14(20)7-12(19)8-15(13)21/h6-8H,9,21H2,1-5H3,(H,22,23). The zero-order valence-electron chi connectivity index (χ0n) is 15.1. The summed E-state index contributed by atoms with van der Waals surface area (Å²) in [5.41, 5.74) is 5.00. The molecule has 1 aliphatic rings. The molecule has 0 atom stereocenters. The van der Waals surface area contributed by atoms with Crippen molar-refractivity contribution >= 4 is 24.8 Å². The highest BCUT2D eigenvalue weighted by Gasteiger charge is 2.52. The van der Waals surface area contributed by atoms with Gasteiger partial charge in [0.1, 0.15) is 11.6 Å². The molecule has 1 fully saturated rings. The summed E-state index contributed by atoms with van der Waals surface area (Å²) in [6.45, 7) is 8.99. The molecule has 0 unspecified atom stereocenters. The van der Waals surface area contributed by atoms with Crippen LogP contribution in [0.25, 0.3) is 6.08 Å². The number of nitrogens with two attached hydrogens (primary N) is 1. The minimum atomic E-state index is -0.797. The molecule has 0 aliphatic carbocycles. The van der Waals surface area contributed by atoms with Gasteiger partial charge in [-0.2, -0.15) is 0 Å². The maximum atomic E-state index is 14.1. The Kier molecular flexibility index (Phi) is 5.25. The second kappa shape index (κ2) is 6.76. The Morgan fingerprint density at radius 2 is 1.80 bits per heavy atom. The SMILES string of the molecule is CC(=O)NCC(=Cc1c(N)cc(F)cc1F)B1OC(C)(C)C(C)(C)O1. The van der Waals surface area contributed by atoms with Crippen molar-refractivity contribution in [2.24, 2.45) is 0 Å². The third kappa shape index (κ3) is 4.19. The van der Waals surface area contributed by atoms with Gasteiger partial charge in [-0.3, -0.25) is 4.79 Å². The zero-order valence-corrected chi connectivity index (χ0v) is 15.1. The largest absolute Gasteiger partial charge is 0.492 e. The van der Waals surface area contributed by atoms with E-state index in [1.807, 2.05) is 27.7 Å². The summed E-state index contributed by atoms with van der Waals surface area (Å²) in [6.07, 6.45) is 1.43. The molecule has 1 aromatic carbocycles. The molecule has 25 heavy (non-hydrogen) atoms. The Bertz CT molecular complexity index is 681. The van der Waals surface area contributed by atoms with Gasteiger partial charge in [0.05, 0.1) is 11.2 Å². The number of nitrogen functional groups attached to an aromatic ring is 1. The number of amides is 1. The smallest absolute Gasteiger partial charge is 0.400 e. The molecule has 0 saturated carbocycles. The molecular weight excluding hydrogens is 329 g/mol. The van der Waals surface area contributed by atoms with Crippen molar-refractivity contribution in [3.63, 3.8) is 0 Å². The lowest BCUT2D eigenvalue weighted by atomic mass is 9.76. The molecule has 1 saturated heterocycles.